The lowest BCUT2D eigenvalue weighted by Gasteiger charge is -2.29. The predicted octanol–water partition coefficient (Wildman–Crippen LogP) is 1.39. The maximum absolute atomic E-state index is 9.16. The van der Waals surface area contributed by atoms with Crippen LogP contribution in [0.1, 0.15) is 39.5 Å². The van der Waals surface area contributed by atoms with E-state index in [0.29, 0.717) is 6.54 Å². The summed E-state index contributed by atoms with van der Waals surface area (Å²) in [6, 6.07) is 0. The smallest absolute Gasteiger partial charge is 0.193 e. The molecule has 2 saturated heterocycles. The number of nitrogens with one attached hydrogen (secondary N) is 1. The predicted molar refractivity (Wildman–Crippen MR) is 92.2 cm³/mol. The standard InChI is InChI=1S/C17H34N4O/c1-3-18-17(19-11-15(2)14-22)21-10-7-16(13-21)12-20-8-5-4-6-9-20/h15-16,22H,3-14H2,1-2H3,(H,18,19). The number of hydrogen-bond acceptors (Lipinski definition) is 3. The summed E-state index contributed by atoms with van der Waals surface area (Å²) >= 11 is 0. The molecule has 5 nitrogen and oxygen atoms in total. The van der Waals surface area contributed by atoms with Gasteiger partial charge < -0.3 is 20.2 Å². The Morgan fingerprint density at radius 1 is 1.27 bits per heavy atom. The van der Waals surface area contributed by atoms with Crippen molar-refractivity contribution in [2.24, 2.45) is 16.8 Å². The highest BCUT2D eigenvalue weighted by Gasteiger charge is 2.26. The molecule has 0 spiro atoms. The van der Waals surface area contributed by atoms with Gasteiger partial charge in [-0.3, -0.25) is 4.99 Å². The van der Waals surface area contributed by atoms with Crippen LogP contribution in [0.3, 0.4) is 0 Å². The van der Waals surface area contributed by atoms with E-state index in [0.717, 1.165) is 31.5 Å². The molecule has 0 radical (unpaired) electrons. The molecular formula is C17H34N4O. The van der Waals surface area contributed by atoms with Crippen molar-refractivity contribution in [2.45, 2.75) is 39.5 Å². The van der Waals surface area contributed by atoms with Gasteiger partial charge in [-0.1, -0.05) is 13.3 Å². The lowest BCUT2D eigenvalue weighted by molar-refractivity contribution is 0.198. The Morgan fingerprint density at radius 3 is 2.73 bits per heavy atom. The van der Waals surface area contributed by atoms with Crippen molar-refractivity contribution in [3.05, 3.63) is 0 Å². The first-order chi connectivity index (χ1) is 10.7. The molecule has 0 bridgehead atoms. The fourth-order valence-electron chi connectivity index (χ4n) is 3.41. The molecule has 2 aliphatic heterocycles. The van der Waals surface area contributed by atoms with Gasteiger partial charge in [-0.15, -0.1) is 0 Å². The maximum atomic E-state index is 9.16. The van der Waals surface area contributed by atoms with Crippen molar-refractivity contribution in [2.75, 3.05) is 52.4 Å². The molecule has 0 aromatic carbocycles. The van der Waals surface area contributed by atoms with Gasteiger partial charge >= 0.3 is 0 Å². The van der Waals surface area contributed by atoms with Gasteiger partial charge in [-0.25, -0.2) is 0 Å². The minimum absolute atomic E-state index is 0.209. The number of aliphatic hydroxyl groups is 1. The van der Waals surface area contributed by atoms with E-state index in [9.17, 15) is 0 Å². The van der Waals surface area contributed by atoms with Crippen LogP contribution in [0.25, 0.3) is 0 Å². The summed E-state index contributed by atoms with van der Waals surface area (Å²) in [7, 11) is 0. The minimum Gasteiger partial charge on any atom is -0.396 e. The van der Waals surface area contributed by atoms with E-state index < -0.39 is 0 Å². The third-order valence-electron chi connectivity index (χ3n) is 4.75. The molecule has 0 saturated carbocycles. The zero-order valence-corrected chi connectivity index (χ0v) is 14.4. The minimum atomic E-state index is 0.209. The molecule has 2 fully saturated rings. The third-order valence-corrected chi connectivity index (χ3v) is 4.75. The summed E-state index contributed by atoms with van der Waals surface area (Å²) in [5.74, 6) is 2.04. The monoisotopic (exact) mass is 310 g/mol. The molecule has 2 unspecified atom stereocenters. The number of rotatable bonds is 6. The molecule has 128 valence electrons. The van der Waals surface area contributed by atoms with Gasteiger partial charge in [0.25, 0.3) is 0 Å². The Balaban J connectivity index is 1.82. The molecule has 2 heterocycles. The zero-order valence-electron chi connectivity index (χ0n) is 14.4. The summed E-state index contributed by atoms with van der Waals surface area (Å²) in [6.07, 6.45) is 5.43. The first-order valence-electron chi connectivity index (χ1n) is 9.09. The van der Waals surface area contributed by atoms with Gasteiger partial charge in [-0.2, -0.15) is 0 Å². The fraction of sp³-hybridized carbons (Fsp3) is 0.941. The van der Waals surface area contributed by atoms with Crippen LogP contribution in [-0.2, 0) is 0 Å². The first kappa shape index (κ1) is 17.5. The van der Waals surface area contributed by atoms with Crippen LogP contribution in [0.5, 0.6) is 0 Å². The van der Waals surface area contributed by atoms with E-state index >= 15 is 0 Å². The molecule has 22 heavy (non-hydrogen) atoms. The number of aliphatic hydroxyl groups excluding tert-OH is 1. The molecule has 0 amide bonds. The van der Waals surface area contributed by atoms with Gasteiger partial charge in [0.2, 0.25) is 0 Å². The average Bonchev–Trinajstić information content (AvgIpc) is 3.00. The van der Waals surface area contributed by atoms with Gasteiger partial charge in [0.05, 0.1) is 0 Å². The Kier molecular flexibility index (Phi) is 7.46. The van der Waals surface area contributed by atoms with Crippen LogP contribution in [-0.4, -0.2) is 73.3 Å². The Hall–Kier alpha value is -0.810. The largest absolute Gasteiger partial charge is 0.396 e. The second-order valence-corrected chi connectivity index (χ2v) is 6.94. The maximum Gasteiger partial charge on any atom is 0.193 e. The summed E-state index contributed by atoms with van der Waals surface area (Å²) < 4.78 is 0. The van der Waals surface area contributed by atoms with E-state index in [2.05, 4.69) is 22.0 Å². The Labute approximate surface area is 135 Å². The number of aliphatic imine (C=N–C) groups is 1. The first-order valence-corrected chi connectivity index (χ1v) is 9.09. The molecule has 2 rings (SSSR count). The van der Waals surface area contributed by atoms with Crippen LogP contribution >= 0.6 is 0 Å². The van der Waals surface area contributed by atoms with Gasteiger partial charge in [0.15, 0.2) is 5.96 Å². The molecule has 5 heteroatoms. The molecule has 0 aromatic rings. The molecule has 2 aliphatic rings. The highest BCUT2D eigenvalue weighted by molar-refractivity contribution is 5.80. The van der Waals surface area contributed by atoms with Gasteiger partial charge in [0, 0.05) is 39.3 Å². The van der Waals surface area contributed by atoms with E-state index in [1.165, 1.54) is 45.3 Å². The van der Waals surface area contributed by atoms with Crippen LogP contribution < -0.4 is 5.32 Å². The normalized spacial score (nSPS) is 25.5. The quantitative estimate of drug-likeness (QED) is 0.575. The van der Waals surface area contributed by atoms with Crippen molar-refractivity contribution in [1.82, 2.24) is 15.1 Å². The SMILES string of the molecule is CCNC(=NCC(C)CO)N1CCC(CN2CCCCC2)C1. The van der Waals surface area contributed by atoms with Crippen molar-refractivity contribution in [3.8, 4) is 0 Å². The molecule has 2 atom stereocenters. The number of hydrogen-bond donors (Lipinski definition) is 2. The highest BCUT2D eigenvalue weighted by Crippen LogP contribution is 2.20. The fourth-order valence-corrected chi connectivity index (χ4v) is 3.41. The van der Waals surface area contributed by atoms with E-state index in [-0.39, 0.29) is 12.5 Å². The van der Waals surface area contributed by atoms with Crippen molar-refractivity contribution < 1.29 is 5.11 Å². The Morgan fingerprint density at radius 2 is 2.05 bits per heavy atom. The van der Waals surface area contributed by atoms with Crippen LogP contribution in [0.15, 0.2) is 4.99 Å². The topological polar surface area (TPSA) is 51.1 Å². The average molecular weight is 310 g/mol. The summed E-state index contributed by atoms with van der Waals surface area (Å²) in [4.78, 5) is 9.76. The van der Waals surface area contributed by atoms with Crippen LogP contribution in [0, 0.1) is 11.8 Å². The van der Waals surface area contributed by atoms with Gasteiger partial charge in [-0.05, 0) is 51.1 Å². The second kappa shape index (κ2) is 9.36. The zero-order chi connectivity index (χ0) is 15.8. The van der Waals surface area contributed by atoms with Crippen molar-refractivity contribution in [3.63, 3.8) is 0 Å². The van der Waals surface area contributed by atoms with Crippen molar-refractivity contribution in [1.29, 1.82) is 0 Å². The molecule has 0 aliphatic carbocycles. The second-order valence-electron chi connectivity index (χ2n) is 6.94. The third kappa shape index (κ3) is 5.43. The molecule has 0 aromatic heterocycles. The lowest BCUT2D eigenvalue weighted by atomic mass is 10.1. The Bertz CT molecular complexity index is 342. The summed E-state index contributed by atoms with van der Waals surface area (Å²) in [6.45, 7) is 12.0. The lowest BCUT2D eigenvalue weighted by Crippen LogP contribution is -2.41. The van der Waals surface area contributed by atoms with E-state index in [1.54, 1.807) is 0 Å². The molecule has 2 N–H and O–H groups in total. The van der Waals surface area contributed by atoms with Crippen molar-refractivity contribution >= 4 is 5.96 Å². The highest BCUT2D eigenvalue weighted by atomic mass is 16.3. The number of piperidine rings is 1. The number of likely N-dealkylation sites (tertiary alicyclic amines) is 2. The number of nitrogens with zero attached hydrogens (tertiary/aromatic N) is 3. The summed E-state index contributed by atoms with van der Waals surface area (Å²) in [5, 5.41) is 12.6. The van der Waals surface area contributed by atoms with Gasteiger partial charge in [0.1, 0.15) is 0 Å². The van der Waals surface area contributed by atoms with E-state index in [4.69, 9.17) is 10.1 Å². The summed E-state index contributed by atoms with van der Waals surface area (Å²) in [5.41, 5.74) is 0. The van der Waals surface area contributed by atoms with Crippen LogP contribution in [0.4, 0.5) is 0 Å². The number of guanidine groups is 1. The van der Waals surface area contributed by atoms with Crippen LogP contribution in [0.2, 0.25) is 0 Å². The van der Waals surface area contributed by atoms with E-state index in [1.807, 2.05) is 6.92 Å². The molecular weight excluding hydrogens is 276 g/mol.